The summed E-state index contributed by atoms with van der Waals surface area (Å²) in [5.41, 5.74) is -2.15. The summed E-state index contributed by atoms with van der Waals surface area (Å²) < 4.78 is 14.0. The van der Waals surface area contributed by atoms with Crippen LogP contribution in [0.3, 0.4) is 0 Å². The molecule has 0 N–H and O–H groups in total. The molecule has 0 aromatic carbocycles. The Labute approximate surface area is 229 Å². The molecule has 34 heavy (non-hydrogen) atoms. The van der Waals surface area contributed by atoms with Crippen molar-refractivity contribution in [1.29, 1.82) is 0 Å². The van der Waals surface area contributed by atoms with Gasteiger partial charge in [-0.15, -0.1) is 0 Å². The number of quaternary nitrogens is 2. The van der Waals surface area contributed by atoms with Crippen LogP contribution in [-0.2, 0) is 28.7 Å². The highest BCUT2D eigenvalue weighted by molar-refractivity contribution is 14.1. The van der Waals surface area contributed by atoms with Crippen LogP contribution in [0.1, 0.15) is 40.5 Å². The molecule has 3 aliphatic heterocycles. The van der Waals surface area contributed by atoms with Crippen LogP contribution < -0.4 is 0 Å². The number of alkyl halides is 2. The van der Waals surface area contributed by atoms with E-state index in [0.29, 0.717) is 25.9 Å². The van der Waals surface area contributed by atoms with Crippen molar-refractivity contribution in [3.63, 3.8) is 0 Å². The van der Waals surface area contributed by atoms with E-state index in [1.807, 2.05) is 0 Å². The van der Waals surface area contributed by atoms with Gasteiger partial charge in [0.05, 0.1) is 22.1 Å². The minimum Gasteiger partial charge on any atom is -0.465 e. The second-order valence-corrected chi connectivity index (χ2v) is 12.2. The molecule has 10 heteroatoms. The van der Waals surface area contributed by atoms with Crippen LogP contribution in [0.4, 0.5) is 0 Å². The minimum absolute atomic E-state index is 0.102. The van der Waals surface area contributed by atoms with Gasteiger partial charge in [0.2, 0.25) is 0 Å². The van der Waals surface area contributed by atoms with Crippen molar-refractivity contribution in [3.05, 3.63) is 0 Å². The molecule has 0 bridgehead atoms. The highest BCUT2D eigenvalue weighted by Gasteiger charge is 2.68. The Morgan fingerprint density at radius 1 is 0.735 bits per heavy atom. The molecule has 4 atom stereocenters. The molecule has 0 aliphatic carbocycles. The first kappa shape index (κ1) is 28.2. The van der Waals surface area contributed by atoms with Crippen LogP contribution in [-0.4, -0.2) is 106 Å². The SMILES string of the molecule is CCOC(=O)C1(C(C)=O)CC(CI)[N+]2(CC[N+]3(CC2)CC(C(C)=O)(C(=O)OCC)CC3CI)C1. The molecule has 8 nitrogen and oxygen atoms in total. The van der Waals surface area contributed by atoms with Gasteiger partial charge >= 0.3 is 11.9 Å². The average Bonchev–Trinajstić information content (AvgIpc) is 3.31. The van der Waals surface area contributed by atoms with E-state index in [0.717, 1.165) is 44.0 Å². The summed E-state index contributed by atoms with van der Waals surface area (Å²) >= 11 is 4.76. The number of Topliss-reactive ketones (excluding diaryl/α,β-unsaturated/α-hetero) is 2. The molecule has 3 aliphatic rings. The molecule has 2 spiro atoms. The zero-order chi connectivity index (χ0) is 25.4. The molecule has 3 fully saturated rings. The van der Waals surface area contributed by atoms with Crippen LogP contribution in [0, 0.1) is 10.8 Å². The largest absolute Gasteiger partial charge is 0.465 e. The summed E-state index contributed by atoms with van der Waals surface area (Å²) in [5, 5.41) is 0. The third kappa shape index (κ3) is 4.46. The Kier molecular flexibility index (Phi) is 8.78. The maximum absolute atomic E-state index is 13.0. The molecule has 4 unspecified atom stereocenters. The summed E-state index contributed by atoms with van der Waals surface area (Å²) in [4.78, 5) is 51.6. The first-order valence-corrected chi connectivity index (χ1v) is 15.3. The summed E-state index contributed by atoms with van der Waals surface area (Å²) in [6.07, 6.45) is 1.06. The third-order valence-electron chi connectivity index (χ3n) is 8.90. The summed E-state index contributed by atoms with van der Waals surface area (Å²) in [7, 11) is 0. The number of piperazine rings is 1. The minimum atomic E-state index is -1.07. The van der Waals surface area contributed by atoms with Crippen molar-refractivity contribution in [3.8, 4) is 0 Å². The number of nitrogens with zero attached hydrogens (tertiary/aromatic N) is 2. The number of ketones is 2. The molecule has 192 valence electrons. The van der Waals surface area contributed by atoms with E-state index < -0.39 is 10.8 Å². The predicted octanol–water partition coefficient (Wildman–Crippen LogP) is 2.33. The quantitative estimate of drug-likeness (QED) is 0.127. The molecule has 0 aromatic heterocycles. The second kappa shape index (κ2) is 10.6. The van der Waals surface area contributed by atoms with E-state index in [2.05, 4.69) is 45.2 Å². The number of carbonyl (C=O) groups is 4. The van der Waals surface area contributed by atoms with Crippen molar-refractivity contribution >= 4 is 68.7 Å². The van der Waals surface area contributed by atoms with E-state index in [-0.39, 0.29) is 48.8 Å². The zero-order valence-corrected chi connectivity index (χ0v) is 25.1. The van der Waals surface area contributed by atoms with Crippen LogP contribution in [0.5, 0.6) is 0 Å². The van der Waals surface area contributed by atoms with Gasteiger partial charge in [0, 0.05) is 12.8 Å². The monoisotopic (exact) mass is 704 g/mol. The molecule has 3 saturated heterocycles. The lowest BCUT2D eigenvalue weighted by atomic mass is 9.82. The second-order valence-electron chi connectivity index (χ2n) is 10.4. The Morgan fingerprint density at radius 2 is 1.06 bits per heavy atom. The number of halogens is 2. The molecule has 3 heterocycles. The molecule has 0 saturated carbocycles. The van der Waals surface area contributed by atoms with Gasteiger partial charge in [0.1, 0.15) is 51.4 Å². The fourth-order valence-corrected chi connectivity index (χ4v) is 9.05. The maximum Gasteiger partial charge on any atom is 0.325 e. The summed E-state index contributed by atoms with van der Waals surface area (Å²) in [6, 6.07) is 0.412. The Balaban J connectivity index is 1.90. The number of esters is 2. The summed E-state index contributed by atoms with van der Waals surface area (Å²) in [5.74, 6) is -0.971. The Hall–Kier alpha value is -0.340. The van der Waals surface area contributed by atoms with Gasteiger partial charge in [-0.2, -0.15) is 0 Å². The molecular formula is C24H38I2N2O6+2. The van der Waals surface area contributed by atoms with Crippen LogP contribution in [0.15, 0.2) is 0 Å². The van der Waals surface area contributed by atoms with Gasteiger partial charge < -0.3 is 18.4 Å². The van der Waals surface area contributed by atoms with E-state index in [1.54, 1.807) is 13.8 Å². The van der Waals surface area contributed by atoms with E-state index in [4.69, 9.17) is 9.47 Å². The van der Waals surface area contributed by atoms with Crippen molar-refractivity contribution in [2.75, 3.05) is 61.3 Å². The van der Waals surface area contributed by atoms with Crippen molar-refractivity contribution in [1.82, 2.24) is 0 Å². The average molecular weight is 704 g/mol. The van der Waals surface area contributed by atoms with Crippen LogP contribution >= 0.6 is 45.2 Å². The van der Waals surface area contributed by atoms with Crippen molar-refractivity contribution in [2.45, 2.75) is 52.6 Å². The lowest BCUT2D eigenvalue weighted by Gasteiger charge is -2.51. The van der Waals surface area contributed by atoms with Crippen LogP contribution in [0.2, 0.25) is 0 Å². The molecule has 0 aromatic rings. The topological polar surface area (TPSA) is 86.7 Å². The highest BCUT2D eigenvalue weighted by Crippen LogP contribution is 2.48. The normalized spacial score (nSPS) is 39.4. The number of hydrogen-bond acceptors (Lipinski definition) is 6. The van der Waals surface area contributed by atoms with Gasteiger partial charge in [-0.3, -0.25) is 19.2 Å². The van der Waals surface area contributed by atoms with E-state index >= 15 is 0 Å². The lowest BCUT2D eigenvalue weighted by Crippen LogP contribution is -2.70. The molecule has 3 rings (SSSR count). The lowest BCUT2D eigenvalue weighted by molar-refractivity contribution is -1.04. The van der Waals surface area contributed by atoms with E-state index in [9.17, 15) is 19.2 Å². The first-order valence-electron chi connectivity index (χ1n) is 12.2. The summed E-state index contributed by atoms with van der Waals surface area (Å²) in [6.45, 7) is 11.4. The first-order chi connectivity index (χ1) is 16.0. The maximum atomic E-state index is 13.0. The van der Waals surface area contributed by atoms with Gasteiger partial charge in [-0.1, -0.05) is 45.2 Å². The molecular weight excluding hydrogens is 666 g/mol. The van der Waals surface area contributed by atoms with E-state index in [1.165, 1.54) is 13.8 Å². The van der Waals surface area contributed by atoms with Gasteiger partial charge in [0.25, 0.3) is 0 Å². The number of rotatable bonds is 8. The number of carbonyl (C=O) groups excluding carboxylic acids is 4. The van der Waals surface area contributed by atoms with Crippen LogP contribution in [0.25, 0.3) is 0 Å². The number of ether oxygens (including phenoxy) is 2. The molecule has 0 radical (unpaired) electrons. The third-order valence-corrected chi connectivity index (χ3v) is 10.9. The van der Waals surface area contributed by atoms with Gasteiger partial charge in [0.15, 0.2) is 22.4 Å². The Bertz CT molecular complexity index is 775. The molecule has 0 amide bonds. The smallest absolute Gasteiger partial charge is 0.325 e. The number of hydrogen-bond donors (Lipinski definition) is 0. The Morgan fingerprint density at radius 3 is 1.29 bits per heavy atom. The zero-order valence-electron chi connectivity index (χ0n) is 20.7. The van der Waals surface area contributed by atoms with Gasteiger partial charge in [-0.05, 0) is 27.7 Å². The predicted molar refractivity (Wildman–Crippen MR) is 144 cm³/mol. The highest BCUT2D eigenvalue weighted by atomic mass is 127. The van der Waals surface area contributed by atoms with Crippen molar-refractivity contribution < 1.29 is 37.6 Å². The standard InChI is InChI=1S/C24H38I2N2O6/c1-5-33-21(31)23(17(3)29)11-19(13-25)27(15-23)7-9-28(10-8-27)16-24(18(4)30,12-20(28)14-26)22(32)34-6-2/h19-20H,5-16H2,1-4H3/q+2. The van der Waals surface area contributed by atoms with Crippen molar-refractivity contribution in [2.24, 2.45) is 10.8 Å². The fraction of sp³-hybridized carbons (Fsp3) is 0.833. The fourth-order valence-electron chi connectivity index (χ4n) is 6.75. The van der Waals surface area contributed by atoms with Gasteiger partial charge in [-0.25, -0.2) is 0 Å².